The number of hydrogen-bond acceptors (Lipinski definition) is 3. The number of halogens is 1. The van der Waals surface area contributed by atoms with Gasteiger partial charge in [0.15, 0.2) is 0 Å². The van der Waals surface area contributed by atoms with Gasteiger partial charge in [-0.1, -0.05) is 0 Å². The Kier molecular flexibility index (Phi) is 1.99. The van der Waals surface area contributed by atoms with Crippen LogP contribution in [-0.2, 0) is 0 Å². The Balaban J connectivity index is 1.86. The molecule has 3 rings (SSSR count). The lowest BCUT2D eigenvalue weighted by Gasteiger charge is -2.28. The number of anilines is 1. The Morgan fingerprint density at radius 3 is 3.00 bits per heavy atom. The molecule has 0 unspecified atom stereocenters. The lowest BCUT2D eigenvalue weighted by Crippen LogP contribution is -2.43. The summed E-state index contributed by atoms with van der Waals surface area (Å²) in [6, 6.07) is 5.49. The quantitative estimate of drug-likeness (QED) is 0.821. The standard InChI is InChI=1S/C10H12BrN3/c11-7-1-2-10(13-4-7)14-6-8-3-9(14)5-12-8/h1-2,4,8-9,12H,3,5-6H2/t8-,9-/m1/s1. The molecule has 0 amide bonds. The molecule has 14 heavy (non-hydrogen) atoms. The van der Waals surface area contributed by atoms with Gasteiger partial charge in [-0.05, 0) is 34.5 Å². The van der Waals surface area contributed by atoms with Gasteiger partial charge in [0.1, 0.15) is 5.82 Å². The normalized spacial score (nSPS) is 29.9. The van der Waals surface area contributed by atoms with Crippen molar-refractivity contribution in [3.8, 4) is 0 Å². The molecular weight excluding hydrogens is 242 g/mol. The first-order chi connectivity index (χ1) is 6.83. The van der Waals surface area contributed by atoms with Crippen molar-refractivity contribution in [2.75, 3.05) is 18.0 Å². The zero-order valence-electron chi connectivity index (χ0n) is 7.78. The van der Waals surface area contributed by atoms with E-state index in [9.17, 15) is 0 Å². The van der Waals surface area contributed by atoms with Crippen LogP contribution in [0.1, 0.15) is 6.42 Å². The first kappa shape index (κ1) is 8.68. The second kappa shape index (κ2) is 3.21. The van der Waals surface area contributed by atoms with E-state index in [-0.39, 0.29) is 0 Å². The number of pyridine rings is 1. The van der Waals surface area contributed by atoms with E-state index >= 15 is 0 Å². The summed E-state index contributed by atoms with van der Waals surface area (Å²) in [5, 5.41) is 3.49. The Hall–Kier alpha value is -0.610. The Labute approximate surface area is 91.6 Å². The number of fused-ring (bicyclic) bond motifs is 2. The second-order valence-electron chi connectivity index (χ2n) is 3.98. The van der Waals surface area contributed by atoms with Crippen molar-refractivity contribution in [2.45, 2.75) is 18.5 Å². The predicted molar refractivity (Wildman–Crippen MR) is 59.5 cm³/mol. The fourth-order valence-corrected chi connectivity index (χ4v) is 2.61. The van der Waals surface area contributed by atoms with Gasteiger partial charge in [-0.3, -0.25) is 0 Å². The highest BCUT2D eigenvalue weighted by molar-refractivity contribution is 9.10. The third-order valence-electron chi connectivity index (χ3n) is 3.06. The molecule has 2 bridgehead atoms. The average molecular weight is 254 g/mol. The highest BCUT2D eigenvalue weighted by Crippen LogP contribution is 2.28. The third-order valence-corrected chi connectivity index (χ3v) is 3.53. The lowest BCUT2D eigenvalue weighted by molar-refractivity contribution is 0.576. The molecule has 3 heterocycles. The van der Waals surface area contributed by atoms with E-state index in [0.29, 0.717) is 12.1 Å². The topological polar surface area (TPSA) is 28.2 Å². The molecule has 1 aromatic heterocycles. The van der Waals surface area contributed by atoms with Gasteiger partial charge in [0, 0.05) is 35.8 Å². The highest BCUT2D eigenvalue weighted by atomic mass is 79.9. The number of hydrogen-bond donors (Lipinski definition) is 1. The molecule has 2 aliphatic rings. The zero-order valence-corrected chi connectivity index (χ0v) is 9.37. The summed E-state index contributed by atoms with van der Waals surface area (Å²) in [5.74, 6) is 1.11. The van der Waals surface area contributed by atoms with Crippen LogP contribution in [0.5, 0.6) is 0 Å². The van der Waals surface area contributed by atoms with Gasteiger partial charge in [0.2, 0.25) is 0 Å². The van der Waals surface area contributed by atoms with Crippen LogP contribution in [0.2, 0.25) is 0 Å². The molecule has 0 aliphatic carbocycles. The minimum atomic E-state index is 0.661. The van der Waals surface area contributed by atoms with E-state index in [1.54, 1.807) is 0 Å². The zero-order chi connectivity index (χ0) is 9.54. The van der Waals surface area contributed by atoms with Crippen molar-refractivity contribution in [1.29, 1.82) is 0 Å². The van der Waals surface area contributed by atoms with E-state index in [0.717, 1.165) is 23.4 Å². The van der Waals surface area contributed by atoms with Crippen molar-refractivity contribution in [1.82, 2.24) is 10.3 Å². The fraction of sp³-hybridized carbons (Fsp3) is 0.500. The molecule has 2 aliphatic heterocycles. The van der Waals surface area contributed by atoms with Crippen LogP contribution in [-0.4, -0.2) is 30.2 Å². The van der Waals surface area contributed by atoms with E-state index < -0.39 is 0 Å². The smallest absolute Gasteiger partial charge is 0.128 e. The van der Waals surface area contributed by atoms with Crippen LogP contribution >= 0.6 is 15.9 Å². The van der Waals surface area contributed by atoms with Crippen LogP contribution in [0, 0.1) is 0 Å². The molecule has 2 atom stereocenters. The van der Waals surface area contributed by atoms with Crippen molar-refractivity contribution < 1.29 is 0 Å². The van der Waals surface area contributed by atoms with E-state index in [1.807, 2.05) is 6.20 Å². The summed E-state index contributed by atoms with van der Waals surface area (Å²) in [4.78, 5) is 6.84. The molecular formula is C10H12BrN3. The fourth-order valence-electron chi connectivity index (χ4n) is 2.38. The van der Waals surface area contributed by atoms with Gasteiger partial charge in [-0.25, -0.2) is 4.98 Å². The first-order valence-electron chi connectivity index (χ1n) is 4.94. The van der Waals surface area contributed by atoms with Gasteiger partial charge in [-0.2, -0.15) is 0 Å². The van der Waals surface area contributed by atoms with Crippen LogP contribution in [0.4, 0.5) is 5.82 Å². The minimum Gasteiger partial charge on any atom is -0.351 e. The maximum atomic E-state index is 4.43. The molecule has 0 saturated carbocycles. The number of nitrogens with zero attached hydrogens (tertiary/aromatic N) is 2. The maximum absolute atomic E-state index is 4.43. The molecule has 2 saturated heterocycles. The number of aromatic nitrogens is 1. The van der Waals surface area contributed by atoms with E-state index in [2.05, 4.69) is 43.3 Å². The molecule has 1 N–H and O–H groups in total. The van der Waals surface area contributed by atoms with Gasteiger partial charge in [0.25, 0.3) is 0 Å². The predicted octanol–water partition coefficient (Wildman–Crippen LogP) is 1.39. The highest BCUT2D eigenvalue weighted by Gasteiger charge is 2.37. The maximum Gasteiger partial charge on any atom is 0.128 e. The number of nitrogens with one attached hydrogen (secondary N) is 1. The van der Waals surface area contributed by atoms with E-state index in [4.69, 9.17) is 0 Å². The van der Waals surface area contributed by atoms with Crippen LogP contribution in [0.3, 0.4) is 0 Å². The Bertz CT molecular complexity index is 338. The van der Waals surface area contributed by atoms with Gasteiger partial charge in [-0.15, -0.1) is 0 Å². The summed E-state index contributed by atoms with van der Waals surface area (Å²) in [5.41, 5.74) is 0. The van der Waals surface area contributed by atoms with Crippen molar-refractivity contribution in [3.05, 3.63) is 22.8 Å². The summed E-state index contributed by atoms with van der Waals surface area (Å²) in [7, 11) is 0. The van der Waals surface area contributed by atoms with Crippen molar-refractivity contribution >= 4 is 21.7 Å². The van der Waals surface area contributed by atoms with Gasteiger partial charge >= 0.3 is 0 Å². The first-order valence-corrected chi connectivity index (χ1v) is 5.74. The SMILES string of the molecule is Brc1ccc(N2C[C@H]3C[C@@H]2CN3)nc1. The van der Waals surface area contributed by atoms with Gasteiger partial charge in [0.05, 0.1) is 0 Å². The van der Waals surface area contributed by atoms with Crippen LogP contribution < -0.4 is 10.2 Å². The summed E-state index contributed by atoms with van der Waals surface area (Å²) >= 11 is 3.40. The number of rotatable bonds is 1. The summed E-state index contributed by atoms with van der Waals surface area (Å²) in [6.07, 6.45) is 3.15. The molecule has 4 heteroatoms. The Morgan fingerprint density at radius 1 is 1.50 bits per heavy atom. The van der Waals surface area contributed by atoms with Gasteiger partial charge < -0.3 is 10.2 Å². The molecule has 0 spiro atoms. The molecule has 0 aromatic carbocycles. The van der Waals surface area contributed by atoms with E-state index in [1.165, 1.54) is 6.42 Å². The number of piperazine rings is 1. The monoisotopic (exact) mass is 253 g/mol. The molecule has 2 fully saturated rings. The second-order valence-corrected chi connectivity index (χ2v) is 4.90. The van der Waals surface area contributed by atoms with Crippen LogP contribution in [0.25, 0.3) is 0 Å². The molecule has 0 radical (unpaired) electrons. The van der Waals surface area contributed by atoms with Crippen LogP contribution in [0.15, 0.2) is 22.8 Å². The molecule has 1 aromatic rings. The largest absolute Gasteiger partial charge is 0.351 e. The molecule has 3 nitrogen and oxygen atoms in total. The Morgan fingerprint density at radius 2 is 2.43 bits per heavy atom. The average Bonchev–Trinajstić information content (AvgIpc) is 2.80. The lowest BCUT2D eigenvalue weighted by atomic mass is 10.2. The minimum absolute atomic E-state index is 0.661. The third kappa shape index (κ3) is 1.33. The summed E-state index contributed by atoms with van der Waals surface area (Å²) < 4.78 is 1.05. The molecule has 74 valence electrons. The summed E-state index contributed by atoms with van der Waals surface area (Å²) in [6.45, 7) is 2.22. The van der Waals surface area contributed by atoms with Crippen molar-refractivity contribution in [2.24, 2.45) is 0 Å². The van der Waals surface area contributed by atoms with Crippen molar-refractivity contribution in [3.63, 3.8) is 0 Å².